The van der Waals surface area contributed by atoms with Crippen molar-refractivity contribution in [1.29, 1.82) is 0 Å². The molecular formula is C19H26O2. The molecule has 0 heterocycles. The predicted octanol–water partition coefficient (Wildman–Crippen LogP) is 4.83. The number of fused-ring (bicyclic) bond motifs is 3. The summed E-state index contributed by atoms with van der Waals surface area (Å²) >= 11 is 0. The molecule has 0 saturated heterocycles. The van der Waals surface area contributed by atoms with E-state index in [1.165, 1.54) is 6.42 Å². The van der Waals surface area contributed by atoms with E-state index in [2.05, 4.69) is 34.6 Å². The lowest BCUT2D eigenvalue weighted by molar-refractivity contribution is 0.0188. The number of aromatic hydroxyl groups is 1. The first-order chi connectivity index (χ1) is 9.69. The minimum atomic E-state index is -0.359. The Bertz CT molecular complexity index is 609. The van der Waals surface area contributed by atoms with Crippen LogP contribution in [0.3, 0.4) is 0 Å². The maximum absolute atomic E-state index is 13.2. The summed E-state index contributed by atoms with van der Waals surface area (Å²) in [7, 11) is 0. The number of carbonyl (C=O) groups excluding carboxylic acids is 1. The van der Waals surface area contributed by atoms with Crippen LogP contribution in [0.1, 0.15) is 74.4 Å². The highest BCUT2D eigenvalue weighted by Gasteiger charge is 2.59. The van der Waals surface area contributed by atoms with Crippen molar-refractivity contribution < 1.29 is 9.90 Å². The molecule has 2 aliphatic rings. The molecule has 1 fully saturated rings. The fourth-order valence-electron chi connectivity index (χ4n) is 5.13. The minimum Gasteiger partial charge on any atom is -0.507 e. The van der Waals surface area contributed by atoms with E-state index in [4.69, 9.17) is 0 Å². The molecule has 0 aromatic heterocycles. The molecule has 3 rings (SSSR count). The lowest BCUT2D eigenvalue weighted by Gasteiger charge is -2.48. The summed E-state index contributed by atoms with van der Waals surface area (Å²) in [5.41, 5.74) is 2.63. The largest absolute Gasteiger partial charge is 0.507 e. The predicted molar refractivity (Wildman–Crippen MR) is 84.8 cm³/mol. The second-order valence-corrected chi connectivity index (χ2v) is 8.20. The maximum Gasteiger partial charge on any atom is 0.173 e. The van der Waals surface area contributed by atoms with Crippen molar-refractivity contribution in [2.24, 2.45) is 16.7 Å². The van der Waals surface area contributed by atoms with Crippen LogP contribution in [0.5, 0.6) is 5.75 Å². The zero-order chi connectivity index (χ0) is 15.6. The van der Waals surface area contributed by atoms with E-state index in [0.29, 0.717) is 11.5 Å². The SMILES string of the molecule is Cc1ccc(O)c2c1C1CCCC(C(C)(C)C)C1(C)C2=O. The van der Waals surface area contributed by atoms with Crippen molar-refractivity contribution in [3.8, 4) is 5.75 Å². The maximum atomic E-state index is 13.2. The third kappa shape index (κ3) is 1.81. The van der Waals surface area contributed by atoms with Crippen LogP contribution in [0.2, 0.25) is 0 Å². The standard InChI is InChI=1S/C19H26O2/c1-11-9-10-13(20)16-15(11)12-7-6-8-14(18(2,3)4)19(12,5)17(16)21/h9-10,12,14,20H,6-8H2,1-5H3. The Labute approximate surface area is 127 Å². The van der Waals surface area contributed by atoms with Crippen molar-refractivity contribution in [3.63, 3.8) is 0 Å². The van der Waals surface area contributed by atoms with Crippen LogP contribution in [0.25, 0.3) is 0 Å². The summed E-state index contributed by atoms with van der Waals surface area (Å²) in [6, 6.07) is 3.63. The van der Waals surface area contributed by atoms with Gasteiger partial charge in [-0.3, -0.25) is 4.79 Å². The Kier molecular flexibility index (Phi) is 3.02. The van der Waals surface area contributed by atoms with Crippen LogP contribution in [0, 0.1) is 23.7 Å². The molecule has 1 N–H and O–H groups in total. The Hall–Kier alpha value is -1.31. The zero-order valence-corrected chi connectivity index (χ0v) is 13.8. The van der Waals surface area contributed by atoms with Gasteiger partial charge in [0.15, 0.2) is 5.78 Å². The van der Waals surface area contributed by atoms with Gasteiger partial charge in [0.1, 0.15) is 5.75 Å². The van der Waals surface area contributed by atoms with Crippen molar-refractivity contribution in [2.75, 3.05) is 0 Å². The van der Waals surface area contributed by atoms with Gasteiger partial charge in [0, 0.05) is 5.41 Å². The molecule has 1 saturated carbocycles. The number of benzene rings is 1. The van der Waals surface area contributed by atoms with Crippen molar-refractivity contribution in [3.05, 3.63) is 28.8 Å². The van der Waals surface area contributed by atoms with Gasteiger partial charge in [-0.1, -0.05) is 40.2 Å². The third-order valence-corrected chi connectivity index (χ3v) is 5.99. The first-order valence-corrected chi connectivity index (χ1v) is 8.06. The highest BCUT2D eigenvalue weighted by atomic mass is 16.3. The fraction of sp³-hybridized carbons (Fsp3) is 0.632. The molecule has 1 aromatic carbocycles. The highest BCUT2D eigenvalue weighted by Crippen LogP contribution is 2.63. The third-order valence-electron chi connectivity index (χ3n) is 5.99. The van der Waals surface area contributed by atoms with Crippen LogP contribution >= 0.6 is 0 Å². The highest BCUT2D eigenvalue weighted by molar-refractivity contribution is 6.08. The van der Waals surface area contributed by atoms with Gasteiger partial charge in [-0.05, 0) is 54.2 Å². The second kappa shape index (κ2) is 4.34. The van der Waals surface area contributed by atoms with Crippen LogP contribution in [-0.2, 0) is 0 Å². The first kappa shape index (κ1) is 14.6. The molecule has 2 heteroatoms. The number of Topliss-reactive ketones (excluding diaryl/α,β-unsaturated/α-hetero) is 1. The number of carbonyl (C=O) groups is 1. The van der Waals surface area contributed by atoms with E-state index in [0.717, 1.165) is 24.0 Å². The van der Waals surface area contributed by atoms with E-state index >= 15 is 0 Å². The lowest BCUT2D eigenvalue weighted by atomic mass is 9.54. The van der Waals surface area contributed by atoms with Gasteiger partial charge in [0.2, 0.25) is 0 Å². The van der Waals surface area contributed by atoms with Gasteiger partial charge in [-0.25, -0.2) is 0 Å². The zero-order valence-electron chi connectivity index (χ0n) is 13.8. The van der Waals surface area contributed by atoms with E-state index < -0.39 is 0 Å². The Morgan fingerprint density at radius 3 is 2.52 bits per heavy atom. The van der Waals surface area contributed by atoms with Crippen LogP contribution in [0.15, 0.2) is 12.1 Å². The van der Waals surface area contributed by atoms with Gasteiger partial charge in [0.25, 0.3) is 0 Å². The number of aryl methyl sites for hydroxylation is 1. The van der Waals surface area contributed by atoms with E-state index in [1.807, 2.05) is 6.07 Å². The second-order valence-electron chi connectivity index (χ2n) is 8.20. The summed E-state index contributed by atoms with van der Waals surface area (Å²) < 4.78 is 0. The Balaban J connectivity index is 2.23. The summed E-state index contributed by atoms with van der Waals surface area (Å²) in [6.07, 6.45) is 3.34. The summed E-state index contributed by atoms with van der Waals surface area (Å²) in [5.74, 6) is 0.972. The molecule has 114 valence electrons. The summed E-state index contributed by atoms with van der Waals surface area (Å²) in [5, 5.41) is 10.3. The molecule has 0 bridgehead atoms. The van der Waals surface area contributed by atoms with E-state index in [9.17, 15) is 9.90 Å². The molecule has 1 aromatic rings. The molecule has 3 atom stereocenters. The van der Waals surface area contributed by atoms with Crippen LogP contribution in [0.4, 0.5) is 0 Å². The van der Waals surface area contributed by atoms with E-state index in [1.54, 1.807) is 6.07 Å². The molecule has 0 spiro atoms. The summed E-state index contributed by atoms with van der Waals surface area (Å²) in [6.45, 7) is 10.9. The Morgan fingerprint density at radius 1 is 1.24 bits per heavy atom. The van der Waals surface area contributed by atoms with Gasteiger partial charge in [0.05, 0.1) is 5.56 Å². The number of hydrogen-bond donors (Lipinski definition) is 1. The van der Waals surface area contributed by atoms with Gasteiger partial charge >= 0.3 is 0 Å². The molecule has 0 aliphatic heterocycles. The minimum absolute atomic E-state index is 0.106. The topological polar surface area (TPSA) is 37.3 Å². The number of rotatable bonds is 0. The van der Waals surface area contributed by atoms with Gasteiger partial charge in [-0.2, -0.15) is 0 Å². The summed E-state index contributed by atoms with van der Waals surface area (Å²) in [4.78, 5) is 13.2. The molecule has 21 heavy (non-hydrogen) atoms. The molecular weight excluding hydrogens is 260 g/mol. The fourth-order valence-corrected chi connectivity index (χ4v) is 5.13. The number of ketones is 1. The smallest absolute Gasteiger partial charge is 0.173 e. The number of phenolic OH excluding ortho intramolecular Hbond substituents is 1. The quantitative estimate of drug-likeness (QED) is 0.741. The molecule has 2 nitrogen and oxygen atoms in total. The number of phenols is 1. The first-order valence-electron chi connectivity index (χ1n) is 8.06. The monoisotopic (exact) mass is 286 g/mol. The van der Waals surface area contributed by atoms with Crippen molar-refractivity contribution in [2.45, 2.75) is 59.8 Å². The van der Waals surface area contributed by atoms with Gasteiger partial charge < -0.3 is 5.11 Å². The van der Waals surface area contributed by atoms with Crippen LogP contribution in [-0.4, -0.2) is 10.9 Å². The molecule has 0 amide bonds. The lowest BCUT2D eigenvalue weighted by Crippen LogP contribution is -2.45. The average Bonchev–Trinajstić information content (AvgIpc) is 2.63. The Morgan fingerprint density at radius 2 is 1.90 bits per heavy atom. The van der Waals surface area contributed by atoms with Crippen molar-refractivity contribution in [1.82, 2.24) is 0 Å². The normalized spacial score (nSPS) is 32.0. The van der Waals surface area contributed by atoms with Gasteiger partial charge in [-0.15, -0.1) is 0 Å². The number of hydrogen-bond acceptors (Lipinski definition) is 2. The molecule has 3 unspecified atom stereocenters. The average molecular weight is 286 g/mol. The molecule has 0 radical (unpaired) electrons. The van der Waals surface area contributed by atoms with E-state index in [-0.39, 0.29) is 28.3 Å². The van der Waals surface area contributed by atoms with Crippen molar-refractivity contribution >= 4 is 5.78 Å². The molecule has 2 aliphatic carbocycles. The van der Waals surface area contributed by atoms with Crippen LogP contribution < -0.4 is 0 Å².